The summed E-state index contributed by atoms with van der Waals surface area (Å²) in [7, 11) is 0. The number of anilines is 1. The molecular formula is C9H9FN4O. The second kappa shape index (κ2) is 4.04. The van der Waals surface area contributed by atoms with Gasteiger partial charge in [0.1, 0.15) is 6.29 Å². The van der Waals surface area contributed by atoms with Crippen LogP contribution in [0.1, 0.15) is 6.42 Å². The summed E-state index contributed by atoms with van der Waals surface area (Å²) in [4.78, 5) is 20.6. The molecule has 0 bridgehead atoms. The molecule has 0 aliphatic rings. The predicted molar refractivity (Wildman–Crippen MR) is 53.0 cm³/mol. The van der Waals surface area contributed by atoms with E-state index in [1.807, 2.05) is 0 Å². The van der Waals surface area contributed by atoms with Crippen molar-refractivity contribution >= 4 is 23.4 Å². The smallest absolute Gasteiger partial charge is 0.215 e. The maximum Gasteiger partial charge on any atom is 0.215 e. The first-order valence-electron chi connectivity index (χ1n) is 4.49. The van der Waals surface area contributed by atoms with Crippen molar-refractivity contribution in [3.05, 3.63) is 18.1 Å². The molecule has 0 amide bonds. The number of carbonyl (C=O) groups excluding carboxylic acids is 1. The zero-order valence-electron chi connectivity index (χ0n) is 7.83. The van der Waals surface area contributed by atoms with Crippen LogP contribution >= 0.6 is 0 Å². The van der Waals surface area contributed by atoms with Gasteiger partial charge in [-0.3, -0.25) is 0 Å². The summed E-state index contributed by atoms with van der Waals surface area (Å²) in [6, 6.07) is 2.82. The van der Waals surface area contributed by atoms with E-state index in [0.29, 0.717) is 30.1 Å². The van der Waals surface area contributed by atoms with Gasteiger partial charge in [0.05, 0.1) is 5.52 Å². The van der Waals surface area contributed by atoms with Crippen molar-refractivity contribution in [2.24, 2.45) is 0 Å². The van der Waals surface area contributed by atoms with Crippen LogP contribution in [0.2, 0.25) is 0 Å². The number of imidazole rings is 1. The van der Waals surface area contributed by atoms with Crippen LogP contribution in [0.4, 0.5) is 10.3 Å². The van der Waals surface area contributed by atoms with Gasteiger partial charge in [-0.15, -0.1) is 0 Å². The molecule has 15 heavy (non-hydrogen) atoms. The molecule has 2 heterocycles. The van der Waals surface area contributed by atoms with Gasteiger partial charge in [-0.25, -0.2) is 0 Å². The third kappa shape index (κ3) is 2.09. The Balaban J connectivity index is 2.19. The Morgan fingerprint density at radius 3 is 3.13 bits per heavy atom. The molecule has 0 fully saturated rings. The summed E-state index contributed by atoms with van der Waals surface area (Å²) in [5.74, 6) is -0.0709. The molecule has 0 aromatic carbocycles. The number of carbonyl (C=O) groups is 1. The number of hydrogen-bond donors (Lipinski definition) is 2. The van der Waals surface area contributed by atoms with Gasteiger partial charge in [-0.2, -0.15) is 14.4 Å². The summed E-state index contributed by atoms with van der Waals surface area (Å²) in [6.07, 6.45) is 1.21. The Hall–Kier alpha value is -1.98. The lowest BCUT2D eigenvalue weighted by Gasteiger charge is -1.96. The SMILES string of the molecule is O=CCCNc1nc2nc(F)ccc2[nH]1. The van der Waals surface area contributed by atoms with Crippen molar-refractivity contribution < 1.29 is 9.18 Å². The number of nitrogens with zero attached hydrogens (tertiary/aromatic N) is 2. The molecule has 2 aromatic heterocycles. The first-order valence-corrected chi connectivity index (χ1v) is 4.49. The van der Waals surface area contributed by atoms with Crippen LogP contribution in [0.15, 0.2) is 12.1 Å². The topological polar surface area (TPSA) is 70.7 Å². The van der Waals surface area contributed by atoms with Crippen molar-refractivity contribution in [3.8, 4) is 0 Å². The van der Waals surface area contributed by atoms with Gasteiger partial charge in [0.15, 0.2) is 5.65 Å². The van der Waals surface area contributed by atoms with E-state index < -0.39 is 5.95 Å². The summed E-state index contributed by atoms with van der Waals surface area (Å²) in [5, 5.41) is 2.89. The molecule has 0 aliphatic carbocycles. The number of fused-ring (bicyclic) bond motifs is 1. The van der Waals surface area contributed by atoms with Crippen molar-refractivity contribution in [2.75, 3.05) is 11.9 Å². The van der Waals surface area contributed by atoms with Gasteiger partial charge in [-0.1, -0.05) is 0 Å². The third-order valence-corrected chi connectivity index (χ3v) is 1.87. The van der Waals surface area contributed by atoms with Crippen molar-refractivity contribution in [3.63, 3.8) is 0 Å². The van der Waals surface area contributed by atoms with E-state index in [1.54, 1.807) is 6.07 Å². The molecule has 0 spiro atoms. The molecular weight excluding hydrogens is 199 g/mol. The summed E-state index contributed by atoms with van der Waals surface area (Å²) in [5.41, 5.74) is 0.980. The number of aromatic amines is 1. The van der Waals surface area contributed by atoms with E-state index in [0.717, 1.165) is 6.29 Å². The maximum atomic E-state index is 12.7. The van der Waals surface area contributed by atoms with Crippen LogP contribution in [0.5, 0.6) is 0 Å². The number of hydrogen-bond acceptors (Lipinski definition) is 4. The molecule has 0 atom stereocenters. The minimum Gasteiger partial charge on any atom is -0.355 e. The van der Waals surface area contributed by atoms with E-state index >= 15 is 0 Å². The fourth-order valence-corrected chi connectivity index (χ4v) is 1.20. The molecule has 0 unspecified atom stereocenters. The molecule has 2 N–H and O–H groups in total. The minimum atomic E-state index is -0.562. The van der Waals surface area contributed by atoms with Gasteiger partial charge in [-0.05, 0) is 12.1 Å². The summed E-state index contributed by atoms with van der Waals surface area (Å²) < 4.78 is 12.7. The van der Waals surface area contributed by atoms with Crippen molar-refractivity contribution in [1.82, 2.24) is 15.0 Å². The van der Waals surface area contributed by atoms with Crippen LogP contribution in [-0.2, 0) is 4.79 Å². The fraction of sp³-hybridized carbons (Fsp3) is 0.222. The lowest BCUT2D eigenvalue weighted by atomic mass is 10.4. The molecule has 0 radical (unpaired) electrons. The monoisotopic (exact) mass is 208 g/mol. The second-order valence-corrected chi connectivity index (χ2v) is 2.97. The van der Waals surface area contributed by atoms with E-state index in [2.05, 4.69) is 20.3 Å². The van der Waals surface area contributed by atoms with Crippen LogP contribution in [0, 0.1) is 5.95 Å². The van der Waals surface area contributed by atoms with Crippen LogP contribution in [0.3, 0.4) is 0 Å². The maximum absolute atomic E-state index is 12.7. The number of rotatable bonds is 4. The molecule has 2 rings (SSSR count). The Bertz CT molecular complexity index is 482. The van der Waals surface area contributed by atoms with E-state index in [-0.39, 0.29) is 0 Å². The number of nitrogens with one attached hydrogen (secondary N) is 2. The van der Waals surface area contributed by atoms with Crippen molar-refractivity contribution in [1.29, 1.82) is 0 Å². The van der Waals surface area contributed by atoms with Gasteiger partial charge in [0, 0.05) is 13.0 Å². The Labute approximate surface area is 84.7 Å². The lowest BCUT2D eigenvalue weighted by Crippen LogP contribution is -2.02. The first-order chi connectivity index (χ1) is 7.29. The van der Waals surface area contributed by atoms with E-state index in [1.165, 1.54) is 6.07 Å². The van der Waals surface area contributed by atoms with E-state index in [9.17, 15) is 9.18 Å². The summed E-state index contributed by atoms with van der Waals surface area (Å²) >= 11 is 0. The summed E-state index contributed by atoms with van der Waals surface area (Å²) in [6.45, 7) is 0.492. The Morgan fingerprint density at radius 1 is 1.47 bits per heavy atom. The number of halogens is 1. The highest BCUT2D eigenvalue weighted by Crippen LogP contribution is 2.11. The van der Waals surface area contributed by atoms with Gasteiger partial charge in [0.2, 0.25) is 11.9 Å². The average molecular weight is 208 g/mol. The van der Waals surface area contributed by atoms with Crippen LogP contribution in [-0.4, -0.2) is 27.8 Å². The predicted octanol–water partition coefficient (Wildman–Crippen LogP) is 1.10. The Morgan fingerprint density at radius 2 is 2.33 bits per heavy atom. The van der Waals surface area contributed by atoms with Crippen molar-refractivity contribution in [2.45, 2.75) is 6.42 Å². The van der Waals surface area contributed by atoms with Crippen LogP contribution < -0.4 is 5.32 Å². The molecule has 6 heteroatoms. The average Bonchev–Trinajstić information content (AvgIpc) is 2.60. The second-order valence-electron chi connectivity index (χ2n) is 2.97. The number of aromatic nitrogens is 3. The molecule has 2 aromatic rings. The highest BCUT2D eigenvalue weighted by molar-refractivity contribution is 5.72. The zero-order valence-corrected chi connectivity index (χ0v) is 7.83. The first kappa shape index (κ1) is 9.57. The number of aldehydes is 1. The molecule has 0 saturated heterocycles. The number of pyridine rings is 1. The quantitative estimate of drug-likeness (QED) is 0.448. The van der Waals surface area contributed by atoms with Gasteiger partial charge >= 0.3 is 0 Å². The third-order valence-electron chi connectivity index (χ3n) is 1.87. The fourth-order valence-electron chi connectivity index (χ4n) is 1.20. The highest BCUT2D eigenvalue weighted by Gasteiger charge is 2.03. The minimum absolute atomic E-state index is 0.323. The van der Waals surface area contributed by atoms with Gasteiger partial charge < -0.3 is 15.1 Å². The Kier molecular flexibility index (Phi) is 2.57. The van der Waals surface area contributed by atoms with E-state index in [4.69, 9.17) is 0 Å². The molecule has 0 saturated carbocycles. The largest absolute Gasteiger partial charge is 0.355 e. The molecule has 0 aliphatic heterocycles. The number of H-pyrrole nitrogens is 1. The molecule has 5 nitrogen and oxygen atoms in total. The molecule has 78 valence electrons. The zero-order chi connectivity index (χ0) is 10.7. The standard InChI is InChI=1S/C9H9FN4O/c10-7-3-2-6-8(13-7)14-9(12-6)11-4-1-5-15/h2-3,5H,1,4H2,(H2,11,12,13,14). The normalized spacial score (nSPS) is 10.5. The van der Waals surface area contributed by atoms with Crippen LogP contribution in [0.25, 0.3) is 11.2 Å². The highest BCUT2D eigenvalue weighted by atomic mass is 19.1. The van der Waals surface area contributed by atoms with Gasteiger partial charge in [0.25, 0.3) is 0 Å². The lowest BCUT2D eigenvalue weighted by molar-refractivity contribution is -0.107.